The smallest absolute Gasteiger partial charge is 0.407 e. The molecule has 0 unspecified atom stereocenters. The van der Waals surface area contributed by atoms with Gasteiger partial charge in [-0.05, 0) is 6.92 Å². The molecule has 0 aromatic carbocycles. The molecule has 0 atom stereocenters. The Morgan fingerprint density at radius 2 is 1.89 bits per heavy atom. The zero-order chi connectivity index (χ0) is 14.2. The van der Waals surface area contributed by atoms with Crippen molar-refractivity contribution in [1.29, 1.82) is 0 Å². The Morgan fingerprint density at radius 1 is 1.28 bits per heavy atom. The number of amides is 1. The molecule has 2 N–H and O–H groups in total. The third kappa shape index (κ3) is 9.60. The first-order chi connectivity index (χ1) is 8.22. The van der Waals surface area contributed by atoms with Crippen molar-refractivity contribution in [3.05, 3.63) is 12.2 Å². The van der Waals surface area contributed by atoms with Crippen molar-refractivity contribution >= 4 is 22.2 Å². The lowest BCUT2D eigenvalue weighted by molar-refractivity contribution is -0.138. The number of carbonyl (C=O) groups excluding carboxylic acids is 2. The van der Waals surface area contributed by atoms with E-state index in [1.165, 1.54) is 6.92 Å². The molecule has 0 spiro atoms. The first-order valence-corrected chi connectivity index (χ1v) is 6.51. The molecule has 0 radical (unpaired) electrons. The number of hydrogen-bond donors (Lipinski definition) is 2. The summed E-state index contributed by atoms with van der Waals surface area (Å²) in [6, 6.07) is 0. The largest absolute Gasteiger partial charge is 0.460 e. The Kier molecular flexibility index (Phi) is 6.98. The topological polar surface area (TPSA) is 119 Å². The molecule has 0 heterocycles. The molecule has 0 aliphatic rings. The van der Waals surface area contributed by atoms with Gasteiger partial charge < -0.3 is 14.8 Å². The number of hydrogen-bond acceptors (Lipinski definition) is 6. The summed E-state index contributed by atoms with van der Waals surface area (Å²) in [6.45, 7) is 4.35. The molecule has 0 aliphatic carbocycles. The van der Waals surface area contributed by atoms with Gasteiger partial charge in [-0.15, -0.1) is 0 Å². The van der Waals surface area contributed by atoms with Crippen LogP contribution in [0.1, 0.15) is 6.92 Å². The molecule has 18 heavy (non-hydrogen) atoms. The van der Waals surface area contributed by atoms with Crippen molar-refractivity contribution < 1.29 is 32.0 Å². The van der Waals surface area contributed by atoms with E-state index in [0.29, 0.717) is 0 Å². The summed E-state index contributed by atoms with van der Waals surface area (Å²) in [4.78, 5) is 21.8. The van der Waals surface area contributed by atoms with Crippen molar-refractivity contribution in [1.82, 2.24) is 5.32 Å². The molecule has 104 valence electrons. The number of esters is 1. The summed E-state index contributed by atoms with van der Waals surface area (Å²) in [5, 5.41) is 2.22. The van der Waals surface area contributed by atoms with Gasteiger partial charge in [-0.3, -0.25) is 4.55 Å². The van der Waals surface area contributed by atoms with Gasteiger partial charge in [-0.25, -0.2) is 9.59 Å². The third-order valence-electron chi connectivity index (χ3n) is 1.53. The normalized spacial score (nSPS) is 10.6. The Balaban J connectivity index is 3.60. The highest BCUT2D eigenvalue weighted by Gasteiger charge is 2.08. The van der Waals surface area contributed by atoms with Crippen LogP contribution in [0.25, 0.3) is 0 Å². The van der Waals surface area contributed by atoms with Gasteiger partial charge in [0.25, 0.3) is 10.1 Å². The Hall–Kier alpha value is -1.61. The van der Waals surface area contributed by atoms with Gasteiger partial charge in [0.05, 0.1) is 6.54 Å². The molecular weight excluding hydrogens is 266 g/mol. The van der Waals surface area contributed by atoms with Crippen molar-refractivity contribution in [3.8, 4) is 0 Å². The van der Waals surface area contributed by atoms with Gasteiger partial charge in [0.2, 0.25) is 0 Å². The van der Waals surface area contributed by atoms with E-state index in [2.05, 4.69) is 21.4 Å². The second kappa shape index (κ2) is 7.67. The minimum Gasteiger partial charge on any atom is -0.460 e. The Labute approximate surface area is 105 Å². The van der Waals surface area contributed by atoms with Crippen molar-refractivity contribution in [2.24, 2.45) is 0 Å². The second-order valence-corrected chi connectivity index (χ2v) is 4.84. The van der Waals surface area contributed by atoms with Gasteiger partial charge in [0.15, 0.2) is 0 Å². The lowest BCUT2D eigenvalue weighted by atomic mass is 10.4. The predicted octanol–water partition coefficient (Wildman–Crippen LogP) is -0.280. The van der Waals surface area contributed by atoms with Crippen LogP contribution in [0, 0.1) is 0 Å². The monoisotopic (exact) mass is 281 g/mol. The minimum atomic E-state index is -4.15. The van der Waals surface area contributed by atoms with E-state index in [9.17, 15) is 18.0 Å². The average Bonchev–Trinajstić information content (AvgIpc) is 2.22. The lowest BCUT2D eigenvalue weighted by Gasteiger charge is -2.07. The molecule has 8 nitrogen and oxygen atoms in total. The number of ether oxygens (including phenoxy) is 2. The molecule has 0 aromatic rings. The van der Waals surface area contributed by atoms with Crippen molar-refractivity contribution in [2.45, 2.75) is 6.92 Å². The van der Waals surface area contributed by atoms with Crippen LogP contribution in [-0.2, 0) is 24.4 Å². The summed E-state index contributed by atoms with van der Waals surface area (Å²) in [6.07, 6.45) is -0.870. The number of carbonyl (C=O) groups is 2. The highest BCUT2D eigenvalue weighted by atomic mass is 32.2. The van der Waals surface area contributed by atoms with E-state index in [0.717, 1.165) is 0 Å². The van der Waals surface area contributed by atoms with E-state index in [-0.39, 0.29) is 18.7 Å². The van der Waals surface area contributed by atoms with Crippen LogP contribution in [0.3, 0.4) is 0 Å². The molecular formula is C9H15NO7S. The van der Waals surface area contributed by atoms with Gasteiger partial charge in [-0.2, -0.15) is 8.42 Å². The number of nitrogens with one attached hydrogen (secondary N) is 1. The molecule has 0 rings (SSSR count). The zero-order valence-corrected chi connectivity index (χ0v) is 10.7. The molecule has 1 amide bonds. The summed E-state index contributed by atoms with van der Waals surface area (Å²) in [5.41, 5.74) is 0.241. The van der Waals surface area contributed by atoms with Crippen LogP contribution in [0.2, 0.25) is 0 Å². The predicted molar refractivity (Wildman–Crippen MR) is 61.5 cm³/mol. The minimum absolute atomic E-state index is 0.0176. The van der Waals surface area contributed by atoms with Crippen LogP contribution in [-0.4, -0.2) is 50.5 Å². The van der Waals surface area contributed by atoms with E-state index in [1.54, 1.807) is 0 Å². The van der Waals surface area contributed by atoms with Crippen LogP contribution in [0.4, 0.5) is 4.79 Å². The van der Waals surface area contributed by atoms with Crippen LogP contribution in [0.5, 0.6) is 0 Å². The SMILES string of the molecule is C=C(C)C(=O)OCCNC(=O)OCCS(=O)(=O)O. The van der Waals surface area contributed by atoms with Gasteiger partial charge >= 0.3 is 12.1 Å². The zero-order valence-electron chi connectivity index (χ0n) is 9.84. The van der Waals surface area contributed by atoms with E-state index < -0.39 is 34.5 Å². The van der Waals surface area contributed by atoms with Gasteiger partial charge in [-0.1, -0.05) is 6.58 Å². The van der Waals surface area contributed by atoms with E-state index in [1.807, 2.05) is 0 Å². The molecule has 0 aromatic heterocycles. The summed E-state index contributed by atoms with van der Waals surface area (Å²) >= 11 is 0. The highest BCUT2D eigenvalue weighted by molar-refractivity contribution is 7.85. The first kappa shape index (κ1) is 16.4. The molecule has 0 saturated heterocycles. The quantitative estimate of drug-likeness (QED) is 0.285. The van der Waals surface area contributed by atoms with Gasteiger partial charge in [0, 0.05) is 5.57 Å². The Morgan fingerprint density at radius 3 is 2.39 bits per heavy atom. The molecule has 0 saturated carbocycles. The summed E-state index contributed by atoms with van der Waals surface area (Å²) in [7, 11) is -4.15. The van der Waals surface area contributed by atoms with Crippen LogP contribution < -0.4 is 5.32 Å². The van der Waals surface area contributed by atoms with E-state index in [4.69, 9.17) is 4.55 Å². The highest BCUT2D eigenvalue weighted by Crippen LogP contribution is 1.90. The standard InChI is InChI=1S/C9H15NO7S/c1-7(2)8(11)16-4-3-10-9(12)17-5-6-18(13,14)15/h1,3-6H2,2H3,(H,10,12)(H,13,14,15). The maximum Gasteiger partial charge on any atom is 0.407 e. The fourth-order valence-corrected chi connectivity index (χ4v) is 1.00. The third-order valence-corrected chi connectivity index (χ3v) is 2.21. The molecule has 0 aliphatic heterocycles. The Bertz CT molecular complexity index is 415. The summed E-state index contributed by atoms with van der Waals surface area (Å²) in [5.74, 6) is -1.25. The average molecular weight is 281 g/mol. The van der Waals surface area contributed by atoms with Gasteiger partial charge in [0.1, 0.15) is 19.0 Å². The fraction of sp³-hybridized carbons (Fsp3) is 0.556. The number of alkyl carbamates (subject to hydrolysis) is 1. The lowest BCUT2D eigenvalue weighted by Crippen LogP contribution is -2.30. The maximum atomic E-state index is 10.9. The van der Waals surface area contributed by atoms with E-state index >= 15 is 0 Å². The molecule has 0 fully saturated rings. The van der Waals surface area contributed by atoms with Crippen molar-refractivity contribution in [2.75, 3.05) is 25.5 Å². The molecule has 0 bridgehead atoms. The molecule has 9 heteroatoms. The summed E-state index contributed by atoms with van der Waals surface area (Å²) < 4.78 is 38.0. The number of rotatable bonds is 7. The van der Waals surface area contributed by atoms with Crippen LogP contribution >= 0.6 is 0 Å². The maximum absolute atomic E-state index is 10.9. The van der Waals surface area contributed by atoms with Crippen molar-refractivity contribution in [3.63, 3.8) is 0 Å². The second-order valence-electron chi connectivity index (χ2n) is 3.26. The first-order valence-electron chi connectivity index (χ1n) is 4.91. The van der Waals surface area contributed by atoms with Crippen LogP contribution in [0.15, 0.2) is 12.2 Å². The fourth-order valence-electron chi connectivity index (χ4n) is 0.711.